The van der Waals surface area contributed by atoms with Crippen molar-refractivity contribution in [2.24, 2.45) is 5.92 Å². The summed E-state index contributed by atoms with van der Waals surface area (Å²) in [6.45, 7) is 2.04. The van der Waals surface area contributed by atoms with E-state index in [1.807, 2.05) is 0 Å². The number of fused-ring (bicyclic) bond motifs is 1. The van der Waals surface area contributed by atoms with Gasteiger partial charge < -0.3 is 29.7 Å². The largest absolute Gasteiger partial charge is 0.491 e. The lowest BCUT2D eigenvalue weighted by atomic mass is 9.99. The molecule has 3 aromatic carbocycles. The van der Waals surface area contributed by atoms with Crippen molar-refractivity contribution in [1.82, 2.24) is 14.9 Å². The van der Waals surface area contributed by atoms with Crippen molar-refractivity contribution in [2.75, 3.05) is 39.5 Å². The molecule has 210 valence electrons. The number of hydrogen-bond donors (Lipinski definition) is 3. The standard InChI is InChI=1S/C30H32FN3O6/c31-21-3-5-22(6-4-21)40-24-8-10-27-26(16-24)30(37)34(19-20-2-1-11-32-18-20)29(33-27)25-9-7-23(38-14-12-35)17-28(25)39-15-13-36/h3-10,16-17,20,32,35-36H,1-2,11-15,18-19H2. The van der Waals surface area contributed by atoms with Crippen LogP contribution >= 0.6 is 0 Å². The van der Waals surface area contributed by atoms with Gasteiger partial charge >= 0.3 is 0 Å². The summed E-state index contributed by atoms with van der Waals surface area (Å²) in [5.74, 6) is 2.09. The van der Waals surface area contributed by atoms with E-state index in [-0.39, 0.29) is 43.7 Å². The fourth-order valence-electron chi connectivity index (χ4n) is 4.83. The van der Waals surface area contributed by atoms with Crippen LogP contribution in [0.15, 0.2) is 65.5 Å². The first-order valence-electron chi connectivity index (χ1n) is 13.4. The number of aliphatic hydroxyl groups excluding tert-OH is 2. The number of nitrogens with zero attached hydrogens (tertiary/aromatic N) is 2. The molecule has 0 bridgehead atoms. The molecule has 3 N–H and O–H groups in total. The first-order chi connectivity index (χ1) is 19.6. The third kappa shape index (κ3) is 6.41. The van der Waals surface area contributed by atoms with Gasteiger partial charge in [-0.15, -0.1) is 0 Å². The summed E-state index contributed by atoms with van der Waals surface area (Å²) < 4.78 is 32.3. The van der Waals surface area contributed by atoms with E-state index in [0.29, 0.717) is 51.8 Å². The second-order valence-electron chi connectivity index (χ2n) is 9.60. The quantitative estimate of drug-likeness (QED) is 0.259. The van der Waals surface area contributed by atoms with Crippen LogP contribution in [0.3, 0.4) is 0 Å². The normalized spacial score (nSPS) is 15.2. The molecule has 0 aliphatic carbocycles. The molecule has 1 atom stereocenters. The van der Waals surface area contributed by atoms with Gasteiger partial charge in [-0.2, -0.15) is 0 Å². The highest BCUT2D eigenvalue weighted by Gasteiger charge is 2.22. The minimum atomic E-state index is -0.363. The Labute approximate surface area is 230 Å². The zero-order valence-corrected chi connectivity index (χ0v) is 22.0. The van der Waals surface area contributed by atoms with Crippen molar-refractivity contribution < 1.29 is 28.8 Å². The van der Waals surface area contributed by atoms with E-state index in [9.17, 15) is 14.3 Å². The molecule has 1 aliphatic heterocycles. The van der Waals surface area contributed by atoms with Crippen LogP contribution in [-0.2, 0) is 6.54 Å². The van der Waals surface area contributed by atoms with Gasteiger partial charge in [0.15, 0.2) is 0 Å². The Balaban J connectivity index is 1.61. The van der Waals surface area contributed by atoms with E-state index in [4.69, 9.17) is 24.3 Å². The third-order valence-corrected chi connectivity index (χ3v) is 6.72. The molecular weight excluding hydrogens is 517 g/mol. The van der Waals surface area contributed by atoms with Crippen LogP contribution in [0, 0.1) is 11.7 Å². The van der Waals surface area contributed by atoms with Crippen molar-refractivity contribution >= 4 is 10.9 Å². The van der Waals surface area contributed by atoms with E-state index >= 15 is 0 Å². The number of aromatic nitrogens is 2. The first kappa shape index (κ1) is 27.6. The summed E-state index contributed by atoms with van der Waals surface area (Å²) in [7, 11) is 0. The Bertz CT molecular complexity index is 1500. The highest BCUT2D eigenvalue weighted by atomic mass is 19.1. The molecule has 0 amide bonds. The van der Waals surface area contributed by atoms with Crippen LogP contribution in [0.2, 0.25) is 0 Å². The van der Waals surface area contributed by atoms with Crippen molar-refractivity contribution in [3.05, 3.63) is 76.8 Å². The van der Waals surface area contributed by atoms with Gasteiger partial charge in [-0.25, -0.2) is 9.37 Å². The fourth-order valence-corrected chi connectivity index (χ4v) is 4.83. The maximum atomic E-state index is 14.0. The number of nitrogens with one attached hydrogen (secondary N) is 1. The molecular formula is C30H32FN3O6. The van der Waals surface area contributed by atoms with Crippen molar-refractivity contribution in [1.29, 1.82) is 0 Å². The van der Waals surface area contributed by atoms with Gasteiger partial charge in [0, 0.05) is 12.6 Å². The molecule has 0 radical (unpaired) electrons. The van der Waals surface area contributed by atoms with Crippen molar-refractivity contribution in [3.63, 3.8) is 0 Å². The zero-order chi connectivity index (χ0) is 27.9. The maximum Gasteiger partial charge on any atom is 0.261 e. The molecule has 1 fully saturated rings. The SMILES string of the molecule is O=c1c2cc(Oc3ccc(F)cc3)ccc2nc(-c2ccc(OCCO)cc2OCCO)n1CC1CCCNC1. The minimum absolute atomic E-state index is 0.0465. The van der Waals surface area contributed by atoms with Crippen molar-refractivity contribution in [2.45, 2.75) is 19.4 Å². The van der Waals surface area contributed by atoms with Gasteiger partial charge in [-0.3, -0.25) is 9.36 Å². The molecule has 1 aromatic heterocycles. The first-order valence-corrected chi connectivity index (χ1v) is 13.4. The van der Waals surface area contributed by atoms with Gasteiger partial charge in [-0.05, 0) is 86.4 Å². The number of piperidine rings is 1. The van der Waals surface area contributed by atoms with Gasteiger partial charge in [0.2, 0.25) is 0 Å². The number of rotatable bonds is 11. The molecule has 4 aromatic rings. The van der Waals surface area contributed by atoms with Crippen molar-refractivity contribution in [3.8, 4) is 34.4 Å². The number of benzene rings is 3. The Morgan fingerprint density at radius 1 is 0.950 bits per heavy atom. The molecule has 1 saturated heterocycles. The van der Waals surface area contributed by atoms with Crippen LogP contribution in [-0.4, -0.2) is 59.3 Å². The highest BCUT2D eigenvalue weighted by Crippen LogP contribution is 2.34. The highest BCUT2D eigenvalue weighted by molar-refractivity contribution is 5.82. The number of aliphatic hydroxyl groups is 2. The molecule has 9 nitrogen and oxygen atoms in total. The number of ether oxygens (including phenoxy) is 3. The van der Waals surface area contributed by atoms with E-state index in [1.165, 1.54) is 24.3 Å². The lowest BCUT2D eigenvalue weighted by Gasteiger charge is -2.25. The molecule has 1 aliphatic rings. The Kier molecular flexibility index (Phi) is 8.90. The van der Waals surface area contributed by atoms with Crippen LogP contribution in [0.1, 0.15) is 12.8 Å². The second-order valence-corrected chi connectivity index (χ2v) is 9.60. The number of hydrogen-bond acceptors (Lipinski definition) is 8. The Morgan fingerprint density at radius 2 is 1.70 bits per heavy atom. The average Bonchev–Trinajstić information content (AvgIpc) is 2.98. The third-order valence-electron chi connectivity index (χ3n) is 6.72. The fraction of sp³-hybridized carbons (Fsp3) is 0.333. The molecule has 0 saturated carbocycles. The van der Waals surface area contributed by atoms with E-state index < -0.39 is 0 Å². The second kappa shape index (κ2) is 12.9. The smallest absolute Gasteiger partial charge is 0.261 e. The Morgan fingerprint density at radius 3 is 2.45 bits per heavy atom. The summed E-state index contributed by atoms with van der Waals surface area (Å²) >= 11 is 0. The van der Waals surface area contributed by atoms with Crippen LogP contribution in [0.25, 0.3) is 22.3 Å². The van der Waals surface area contributed by atoms with E-state index in [2.05, 4.69) is 5.32 Å². The molecule has 0 spiro atoms. The summed E-state index contributed by atoms with van der Waals surface area (Å²) in [5.41, 5.74) is 0.848. The lowest BCUT2D eigenvalue weighted by molar-refractivity contribution is 0.195. The van der Waals surface area contributed by atoms with Crippen LogP contribution < -0.4 is 25.1 Å². The lowest BCUT2D eigenvalue weighted by Crippen LogP contribution is -2.35. The van der Waals surface area contributed by atoms with Gasteiger partial charge in [0.05, 0.1) is 29.7 Å². The van der Waals surface area contributed by atoms with E-state index in [1.54, 1.807) is 41.0 Å². The minimum Gasteiger partial charge on any atom is -0.491 e. The summed E-state index contributed by atoms with van der Waals surface area (Å²) in [6, 6.07) is 15.9. The Hall–Kier alpha value is -3.99. The molecule has 2 heterocycles. The topological polar surface area (TPSA) is 115 Å². The van der Waals surface area contributed by atoms with Crippen LogP contribution in [0.4, 0.5) is 4.39 Å². The van der Waals surface area contributed by atoms with Gasteiger partial charge in [0.1, 0.15) is 47.9 Å². The molecule has 5 rings (SSSR count). The van der Waals surface area contributed by atoms with E-state index in [0.717, 1.165) is 25.9 Å². The van der Waals surface area contributed by atoms with Gasteiger partial charge in [-0.1, -0.05) is 0 Å². The average molecular weight is 550 g/mol. The molecule has 10 heteroatoms. The molecule has 1 unspecified atom stereocenters. The summed E-state index contributed by atoms with van der Waals surface area (Å²) in [6.07, 6.45) is 2.00. The van der Waals surface area contributed by atoms with Gasteiger partial charge in [0.25, 0.3) is 5.56 Å². The van der Waals surface area contributed by atoms with Crippen LogP contribution in [0.5, 0.6) is 23.0 Å². The monoisotopic (exact) mass is 549 g/mol. The summed E-state index contributed by atoms with van der Waals surface area (Å²) in [4.78, 5) is 18.9. The zero-order valence-electron chi connectivity index (χ0n) is 22.0. The predicted molar refractivity (Wildman–Crippen MR) is 149 cm³/mol. The summed E-state index contributed by atoms with van der Waals surface area (Å²) in [5, 5.41) is 22.3. The predicted octanol–water partition coefficient (Wildman–Crippen LogP) is 3.74. The molecule has 40 heavy (non-hydrogen) atoms. The number of halogens is 1. The maximum absolute atomic E-state index is 14.0.